The third-order valence-corrected chi connectivity index (χ3v) is 1.96. The van der Waals surface area contributed by atoms with Crippen molar-refractivity contribution in [1.29, 1.82) is 0 Å². The van der Waals surface area contributed by atoms with Crippen molar-refractivity contribution in [3.8, 4) is 0 Å². The zero-order valence-corrected chi connectivity index (χ0v) is 7.18. The van der Waals surface area contributed by atoms with Crippen LogP contribution in [0, 0.1) is 5.92 Å². The molecule has 0 aliphatic carbocycles. The molecule has 0 aromatic heterocycles. The van der Waals surface area contributed by atoms with Crippen LogP contribution >= 0.6 is 0 Å². The van der Waals surface area contributed by atoms with E-state index in [1.165, 1.54) is 5.70 Å². The van der Waals surface area contributed by atoms with Gasteiger partial charge in [-0.05, 0) is 18.9 Å². The zero-order valence-electron chi connectivity index (χ0n) is 7.18. The Kier molecular flexibility index (Phi) is 2.00. The van der Waals surface area contributed by atoms with Gasteiger partial charge in [0.1, 0.15) is 0 Å². The van der Waals surface area contributed by atoms with Crippen molar-refractivity contribution in [2.45, 2.75) is 26.8 Å². The lowest BCUT2D eigenvalue weighted by Crippen LogP contribution is -2.33. The second-order valence-electron chi connectivity index (χ2n) is 3.24. The summed E-state index contributed by atoms with van der Waals surface area (Å²) in [5.41, 5.74) is 4.64. The van der Waals surface area contributed by atoms with Crippen molar-refractivity contribution in [3.63, 3.8) is 0 Å². The molecular weight excluding hydrogens is 124 g/mol. The Morgan fingerprint density at radius 1 is 1.60 bits per heavy atom. The Labute approximate surface area is 62.9 Å². The minimum Gasteiger partial charge on any atom is -0.323 e. The van der Waals surface area contributed by atoms with Gasteiger partial charge in [0.25, 0.3) is 0 Å². The number of nitrogens with one attached hydrogen (secondary N) is 1. The fourth-order valence-corrected chi connectivity index (χ4v) is 1.04. The van der Waals surface area contributed by atoms with E-state index in [1.807, 2.05) is 0 Å². The van der Waals surface area contributed by atoms with Crippen LogP contribution in [0.25, 0.3) is 0 Å². The van der Waals surface area contributed by atoms with Gasteiger partial charge >= 0.3 is 0 Å². The van der Waals surface area contributed by atoms with E-state index < -0.39 is 0 Å². The smallest absolute Gasteiger partial charge is 0.0459 e. The lowest BCUT2D eigenvalue weighted by molar-refractivity contribution is 0.253. The van der Waals surface area contributed by atoms with Gasteiger partial charge in [-0.3, -0.25) is 0 Å². The van der Waals surface area contributed by atoms with E-state index in [0.29, 0.717) is 12.0 Å². The highest BCUT2D eigenvalue weighted by Crippen LogP contribution is 2.15. The van der Waals surface area contributed by atoms with Crippen LogP contribution in [0.1, 0.15) is 20.8 Å². The first-order chi connectivity index (χ1) is 4.61. The molecule has 0 bridgehead atoms. The highest BCUT2D eigenvalue weighted by molar-refractivity contribution is 5.10. The van der Waals surface area contributed by atoms with Gasteiger partial charge in [-0.15, -0.1) is 0 Å². The molecule has 2 nitrogen and oxygen atoms in total. The molecule has 1 rings (SSSR count). The van der Waals surface area contributed by atoms with Gasteiger partial charge in [0, 0.05) is 18.8 Å². The van der Waals surface area contributed by atoms with Crippen LogP contribution in [0.4, 0.5) is 0 Å². The molecule has 0 aromatic carbocycles. The molecule has 1 aliphatic rings. The largest absolute Gasteiger partial charge is 0.323 e. The van der Waals surface area contributed by atoms with Crippen molar-refractivity contribution in [2.24, 2.45) is 5.92 Å². The second-order valence-corrected chi connectivity index (χ2v) is 3.24. The summed E-state index contributed by atoms with van der Waals surface area (Å²) in [7, 11) is 2.07. The van der Waals surface area contributed by atoms with E-state index in [0.717, 1.165) is 0 Å². The van der Waals surface area contributed by atoms with Crippen molar-refractivity contribution in [3.05, 3.63) is 11.8 Å². The van der Waals surface area contributed by atoms with Crippen molar-refractivity contribution in [1.82, 2.24) is 10.4 Å². The summed E-state index contributed by atoms with van der Waals surface area (Å²) < 4.78 is 0. The van der Waals surface area contributed by atoms with E-state index in [4.69, 9.17) is 0 Å². The Balaban J connectivity index is 2.58. The summed E-state index contributed by atoms with van der Waals surface area (Å²) in [4.78, 5) is 0. The van der Waals surface area contributed by atoms with Gasteiger partial charge in [0.15, 0.2) is 0 Å². The van der Waals surface area contributed by atoms with Gasteiger partial charge in [-0.2, -0.15) is 0 Å². The van der Waals surface area contributed by atoms with Crippen LogP contribution in [0.2, 0.25) is 0 Å². The quantitative estimate of drug-likeness (QED) is 0.591. The first-order valence-electron chi connectivity index (χ1n) is 3.82. The predicted molar refractivity (Wildman–Crippen MR) is 43.3 cm³/mol. The van der Waals surface area contributed by atoms with Crippen LogP contribution in [0.3, 0.4) is 0 Å². The standard InChI is InChI=1S/C8H16N2/c1-6(2)8-5-7(3)10(4)9-8/h5-7,9H,1-4H3. The molecule has 0 saturated heterocycles. The number of rotatable bonds is 1. The number of allylic oxidation sites excluding steroid dienone is 1. The number of hydrazine groups is 1. The minimum atomic E-state index is 0.539. The van der Waals surface area contributed by atoms with E-state index in [1.54, 1.807) is 0 Å². The van der Waals surface area contributed by atoms with Crippen molar-refractivity contribution >= 4 is 0 Å². The average Bonchev–Trinajstić information content (AvgIpc) is 2.13. The summed E-state index contributed by atoms with van der Waals surface area (Å²) in [5, 5.41) is 2.12. The Bertz CT molecular complexity index is 149. The summed E-state index contributed by atoms with van der Waals surface area (Å²) in [5.74, 6) is 0.618. The first kappa shape index (κ1) is 7.61. The lowest BCUT2D eigenvalue weighted by atomic mass is 10.1. The van der Waals surface area contributed by atoms with Crippen LogP contribution in [0.15, 0.2) is 11.8 Å². The highest BCUT2D eigenvalue weighted by Gasteiger charge is 2.17. The van der Waals surface area contributed by atoms with Crippen LogP contribution in [-0.2, 0) is 0 Å². The number of nitrogens with zero attached hydrogens (tertiary/aromatic N) is 1. The Morgan fingerprint density at radius 2 is 2.20 bits per heavy atom. The van der Waals surface area contributed by atoms with E-state index >= 15 is 0 Å². The third kappa shape index (κ3) is 1.32. The van der Waals surface area contributed by atoms with Crippen molar-refractivity contribution < 1.29 is 0 Å². The van der Waals surface area contributed by atoms with Gasteiger partial charge in [-0.1, -0.05) is 13.8 Å². The maximum absolute atomic E-state index is 3.30. The number of likely N-dealkylation sites (N-methyl/N-ethyl adjacent to an activating group) is 1. The maximum atomic E-state index is 3.30. The molecule has 1 unspecified atom stereocenters. The van der Waals surface area contributed by atoms with Gasteiger partial charge in [0.2, 0.25) is 0 Å². The molecule has 0 spiro atoms. The van der Waals surface area contributed by atoms with Crippen LogP contribution in [0.5, 0.6) is 0 Å². The van der Waals surface area contributed by atoms with E-state index in [-0.39, 0.29) is 0 Å². The first-order valence-corrected chi connectivity index (χ1v) is 3.82. The highest BCUT2D eigenvalue weighted by atomic mass is 15.5. The normalized spacial score (nSPS) is 26.9. The molecule has 0 saturated carbocycles. The molecule has 58 valence electrons. The maximum Gasteiger partial charge on any atom is 0.0459 e. The molecule has 1 atom stereocenters. The van der Waals surface area contributed by atoms with Gasteiger partial charge < -0.3 is 5.43 Å². The summed E-state index contributed by atoms with van der Waals surface area (Å²) in [6.45, 7) is 6.58. The zero-order chi connectivity index (χ0) is 7.72. The summed E-state index contributed by atoms with van der Waals surface area (Å²) in [6, 6.07) is 0.539. The third-order valence-electron chi connectivity index (χ3n) is 1.96. The van der Waals surface area contributed by atoms with Gasteiger partial charge in [0.05, 0.1) is 0 Å². The molecule has 0 aromatic rings. The fraction of sp³-hybridized carbons (Fsp3) is 0.750. The Morgan fingerprint density at radius 3 is 2.40 bits per heavy atom. The molecule has 2 heteroatoms. The molecule has 1 heterocycles. The fourth-order valence-electron chi connectivity index (χ4n) is 1.04. The average molecular weight is 140 g/mol. The van der Waals surface area contributed by atoms with Crippen LogP contribution < -0.4 is 5.43 Å². The SMILES string of the molecule is CC(C)C1=CC(C)N(C)N1. The molecule has 0 amide bonds. The Hall–Kier alpha value is -0.500. The van der Waals surface area contributed by atoms with E-state index in [2.05, 4.69) is 44.3 Å². The molecule has 10 heavy (non-hydrogen) atoms. The van der Waals surface area contributed by atoms with E-state index in [9.17, 15) is 0 Å². The number of hydrogen-bond donors (Lipinski definition) is 1. The molecule has 0 fully saturated rings. The van der Waals surface area contributed by atoms with Gasteiger partial charge in [-0.25, -0.2) is 5.01 Å². The molecule has 1 aliphatic heterocycles. The molecule has 1 N–H and O–H groups in total. The lowest BCUT2D eigenvalue weighted by Gasteiger charge is -2.17. The monoisotopic (exact) mass is 140 g/mol. The molecular formula is C8H16N2. The number of hydrogen-bond acceptors (Lipinski definition) is 2. The minimum absolute atomic E-state index is 0.539. The second kappa shape index (κ2) is 2.62. The molecule has 0 radical (unpaired) electrons. The predicted octanol–water partition coefficient (Wildman–Crippen LogP) is 1.36. The van der Waals surface area contributed by atoms with Crippen LogP contribution in [-0.4, -0.2) is 18.1 Å². The summed E-state index contributed by atoms with van der Waals surface area (Å²) in [6.07, 6.45) is 2.27. The topological polar surface area (TPSA) is 15.3 Å². The summed E-state index contributed by atoms with van der Waals surface area (Å²) >= 11 is 0. The van der Waals surface area contributed by atoms with Crippen molar-refractivity contribution in [2.75, 3.05) is 7.05 Å².